The molecule has 1 unspecified atom stereocenters. The minimum atomic E-state index is -4.68. The van der Waals surface area contributed by atoms with E-state index in [1.54, 1.807) is 51.1 Å². The van der Waals surface area contributed by atoms with Crippen LogP contribution in [-0.2, 0) is 20.8 Å². The minimum absolute atomic E-state index is 0.232. The molecule has 0 aromatic heterocycles. The summed E-state index contributed by atoms with van der Waals surface area (Å²) in [5.41, 5.74) is -1.49. The van der Waals surface area contributed by atoms with Gasteiger partial charge in [-0.25, -0.2) is 4.79 Å². The first-order chi connectivity index (χ1) is 12.3. The van der Waals surface area contributed by atoms with Crippen molar-refractivity contribution in [1.82, 2.24) is 4.90 Å². The third-order valence-electron chi connectivity index (χ3n) is 4.05. The van der Waals surface area contributed by atoms with Crippen LogP contribution in [0.3, 0.4) is 0 Å². The molecule has 2 atom stereocenters. The Bertz CT molecular complexity index is 641. The first kappa shape index (κ1) is 21.5. The number of ether oxygens (including phenoxy) is 3. The summed E-state index contributed by atoms with van der Waals surface area (Å²) in [6.45, 7) is 7.48. The second-order valence-electron chi connectivity index (χ2n) is 7.93. The van der Waals surface area contributed by atoms with Crippen LogP contribution in [0.1, 0.15) is 40.2 Å². The first-order valence-corrected chi connectivity index (χ1v) is 8.70. The molecule has 0 aliphatic carbocycles. The van der Waals surface area contributed by atoms with Gasteiger partial charge in [0.2, 0.25) is 0 Å². The van der Waals surface area contributed by atoms with Crippen molar-refractivity contribution >= 4 is 6.09 Å². The Hall–Kier alpha value is -1.80. The van der Waals surface area contributed by atoms with Crippen molar-refractivity contribution in [2.45, 2.75) is 70.9 Å². The molecule has 1 aromatic carbocycles. The van der Waals surface area contributed by atoms with Gasteiger partial charge >= 0.3 is 12.3 Å². The van der Waals surface area contributed by atoms with Gasteiger partial charge in [-0.15, -0.1) is 0 Å². The highest BCUT2D eigenvalue weighted by atomic mass is 19.4. The van der Waals surface area contributed by atoms with Crippen LogP contribution >= 0.6 is 0 Å². The van der Waals surface area contributed by atoms with E-state index in [1.807, 2.05) is 0 Å². The Morgan fingerprint density at radius 3 is 2.37 bits per heavy atom. The van der Waals surface area contributed by atoms with Crippen molar-refractivity contribution in [2.75, 3.05) is 6.61 Å². The number of alkyl halides is 3. The van der Waals surface area contributed by atoms with Crippen LogP contribution in [0.15, 0.2) is 30.3 Å². The number of carbonyl (C=O) groups excluding carboxylic acids is 1. The lowest BCUT2D eigenvalue weighted by Gasteiger charge is -2.38. The Kier molecular flexibility index (Phi) is 6.11. The van der Waals surface area contributed by atoms with Crippen molar-refractivity contribution in [3.63, 3.8) is 0 Å². The van der Waals surface area contributed by atoms with Crippen LogP contribution in [0.5, 0.6) is 0 Å². The molecule has 1 saturated heterocycles. The van der Waals surface area contributed by atoms with Gasteiger partial charge in [0, 0.05) is 0 Å². The predicted molar refractivity (Wildman–Crippen MR) is 93.0 cm³/mol. The maximum atomic E-state index is 13.7. The fourth-order valence-electron chi connectivity index (χ4n) is 2.91. The molecule has 1 aliphatic heterocycles. The van der Waals surface area contributed by atoms with Crippen molar-refractivity contribution in [3.05, 3.63) is 35.9 Å². The van der Waals surface area contributed by atoms with Crippen molar-refractivity contribution in [2.24, 2.45) is 0 Å². The molecule has 0 N–H and O–H groups in total. The number of amides is 1. The van der Waals surface area contributed by atoms with Gasteiger partial charge in [0.25, 0.3) is 0 Å². The van der Waals surface area contributed by atoms with Gasteiger partial charge in [-0.1, -0.05) is 30.3 Å². The van der Waals surface area contributed by atoms with Gasteiger partial charge in [0.15, 0.2) is 6.10 Å². The third-order valence-corrected chi connectivity index (χ3v) is 4.05. The summed E-state index contributed by atoms with van der Waals surface area (Å²) in [6.07, 6.45) is -7.75. The van der Waals surface area contributed by atoms with Crippen LogP contribution in [0, 0.1) is 0 Å². The van der Waals surface area contributed by atoms with Gasteiger partial charge in [-0.2, -0.15) is 13.2 Å². The lowest BCUT2D eigenvalue weighted by atomic mass is 10.1. The second-order valence-corrected chi connectivity index (χ2v) is 7.93. The monoisotopic (exact) mass is 389 g/mol. The number of nitrogens with zero attached hydrogens (tertiary/aromatic N) is 1. The van der Waals surface area contributed by atoms with Gasteiger partial charge in [0.05, 0.1) is 19.3 Å². The number of halogens is 3. The summed E-state index contributed by atoms with van der Waals surface area (Å²) < 4.78 is 57.2. The number of carbonyl (C=O) groups is 1. The molecule has 0 bridgehead atoms. The molecule has 0 saturated carbocycles. The third kappa shape index (κ3) is 5.59. The van der Waals surface area contributed by atoms with E-state index in [0.29, 0.717) is 5.56 Å². The fraction of sp³-hybridized carbons (Fsp3) is 0.632. The fourth-order valence-corrected chi connectivity index (χ4v) is 2.91. The van der Waals surface area contributed by atoms with E-state index in [9.17, 15) is 18.0 Å². The number of benzene rings is 1. The van der Waals surface area contributed by atoms with Gasteiger partial charge in [0.1, 0.15) is 11.3 Å². The molecule has 1 fully saturated rings. The Labute approximate surface area is 157 Å². The van der Waals surface area contributed by atoms with E-state index in [0.717, 1.165) is 4.90 Å². The van der Waals surface area contributed by atoms with E-state index in [-0.39, 0.29) is 13.2 Å². The molecule has 0 spiro atoms. The standard InChI is InChI=1S/C19H26F3NO4/c1-17(2,3)27-16(24)23-14(12-26-18(23,4)5)15(19(20,21)22)25-11-13-9-7-6-8-10-13/h6-10,14-15H,11-12H2,1-5H3/t14-,15?/m0/s1. The molecule has 27 heavy (non-hydrogen) atoms. The zero-order valence-electron chi connectivity index (χ0n) is 16.2. The lowest BCUT2D eigenvalue weighted by Crippen LogP contribution is -2.57. The molecule has 0 radical (unpaired) electrons. The maximum Gasteiger partial charge on any atom is 0.416 e. The maximum absolute atomic E-state index is 13.7. The Morgan fingerprint density at radius 2 is 1.85 bits per heavy atom. The van der Waals surface area contributed by atoms with Crippen LogP contribution in [-0.4, -0.2) is 47.2 Å². The second kappa shape index (κ2) is 7.67. The van der Waals surface area contributed by atoms with Crippen LogP contribution in [0.25, 0.3) is 0 Å². The number of hydrogen-bond acceptors (Lipinski definition) is 4. The highest BCUT2D eigenvalue weighted by Crippen LogP contribution is 2.37. The SMILES string of the molecule is CC(C)(C)OC(=O)N1[C@H](C(OCc2ccccc2)C(F)(F)F)COC1(C)C. The summed E-state index contributed by atoms with van der Waals surface area (Å²) in [5.74, 6) is 0. The Morgan fingerprint density at radius 1 is 1.26 bits per heavy atom. The summed E-state index contributed by atoms with van der Waals surface area (Å²) in [6, 6.07) is 7.20. The largest absolute Gasteiger partial charge is 0.444 e. The summed E-state index contributed by atoms with van der Waals surface area (Å²) >= 11 is 0. The van der Waals surface area contributed by atoms with E-state index >= 15 is 0 Å². The quantitative estimate of drug-likeness (QED) is 0.760. The van der Waals surface area contributed by atoms with E-state index in [2.05, 4.69) is 0 Å². The molecule has 1 aromatic rings. The molecule has 2 rings (SSSR count). The van der Waals surface area contributed by atoms with Gasteiger partial charge in [-0.3, -0.25) is 4.90 Å². The van der Waals surface area contributed by atoms with E-state index in [4.69, 9.17) is 14.2 Å². The van der Waals surface area contributed by atoms with Crippen LogP contribution in [0.4, 0.5) is 18.0 Å². The Balaban J connectivity index is 2.25. The molecular weight excluding hydrogens is 363 g/mol. The van der Waals surface area contributed by atoms with E-state index in [1.165, 1.54) is 13.8 Å². The first-order valence-electron chi connectivity index (χ1n) is 8.70. The number of rotatable bonds is 4. The summed E-state index contributed by atoms with van der Waals surface area (Å²) in [4.78, 5) is 13.6. The molecule has 5 nitrogen and oxygen atoms in total. The molecule has 1 aliphatic rings. The predicted octanol–water partition coefficient (Wildman–Crippen LogP) is 4.51. The average molecular weight is 389 g/mol. The highest BCUT2D eigenvalue weighted by Gasteiger charge is 2.56. The van der Waals surface area contributed by atoms with E-state index < -0.39 is 35.7 Å². The smallest absolute Gasteiger partial charge is 0.416 e. The lowest BCUT2D eigenvalue weighted by molar-refractivity contribution is -0.238. The number of hydrogen-bond donors (Lipinski definition) is 0. The molecule has 1 heterocycles. The van der Waals surface area contributed by atoms with Crippen LogP contribution < -0.4 is 0 Å². The summed E-state index contributed by atoms with van der Waals surface area (Å²) in [5, 5.41) is 0. The topological polar surface area (TPSA) is 48.0 Å². The molecule has 1 amide bonds. The molecule has 152 valence electrons. The van der Waals surface area contributed by atoms with Gasteiger partial charge in [-0.05, 0) is 40.2 Å². The molecule has 8 heteroatoms. The van der Waals surface area contributed by atoms with Crippen molar-refractivity contribution in [1.29, 1.82) is 0 Å². The highest BCUT2D eigenvalue weighted by molar-refractivity contribution is 5.70. The molecular formula is C19H26F3NO4. The van der Waals surface area contributed by atoms with Crippen molar-refractivity contribution < 1.29 is 32.2 Å². The average Bonchev–Trinajstić information content (AvgIpc) is 2.81. The normalized spacial score (nSPS) is 21.2. The summed E-state index contributed by atoms with van der Waals surface area (Å²) in [7, 11) is 0. The zero-order valence-corrected chi connectivity index (χ0v) is 16.2. The minimum Gasteiger partial charge on any atom is -0.444 e. The van der Waals surface area contributed by atoms with Crippen molar-refractivity contribution in [3.8, 4) is 0 Å². The van der Waals surface area contributed by atoms with Gasteiger partial charge < -0.3 is 14.2 Å². The zero-order chi connectivity index (χ0) is 20.5. The van der Waals surface area contributed by atoms with Crippen LogP contribution in [0.2, 0.25) is 0 Å².